The minimum atomic E-state index is -0.856. The van der Waals surface area contributed by atoms with Gasteiger partial charge in [-0.3, -0.25) is 4.79 Å². The molecule has 0 fully saturated rings. The van der Waals surface area contributed by atoms with Crippen LogP contribution in [0.1, 0.15) is 12.1 Å². The third-order valence-corrected chi connectivity index (χ3v) is 3.86. The van der Waals surface area contributed by atoms with Crippen molar-refractivity contribution in [2.75, 3.05) is 7.11 Å². The molecular formula is C12H11Br2N3O3. The van der Waals surface area contributed by atoms with E-state index < -0.39 is 5.97 Å². The van der Waals surface area contributed by atoms with Crippen molar-refractivity contribution in [1.82, 2.24) is 15.0 Å². The molecule has 0 aliphatic carbocycles. The number of halogens is 2. The number of nitrogens with zero attached hydrogens (tertiary/aromatic N) is 3. The third kappa shape index (κ3) is 3.37. The van der Waals surface area contributed by atoms with Gasteiger partial charge in [-0.15, -0.1) is 5.10 Å². The average Bonchev–Trinajstić information content (AvgIpc) is 2.85. The van der Waals surface area contributed by atoms with Crippen LogP contribution in [-0.4, -0.2) is 33.2 Å². The van der Waals surface area contributed by atoms with Crippen molar-refractivity contribution in [3.05, 3.63) is 33.0 Å². The number of carboxylic acid groups (broad SMARTS) is 1. The zero-order valence-corrected chi connectivity index (χ0v) is 13.7. The maximum atomic E-state index is 10.5. The summed E-state index contributed by atoms with van der Waals surface area (Å²) in [5, 5.41) is 16.6. The quantitative estimate of drug-likeness (QED) is 0.828. The number of carbonyl (C=O) groups is 1. The summed E-state index contributed by atoms with van der Waals surface area (Å²) < 4.78 is 8.46. The number of aliphatic carboxylic acids is 1. The van der Waals surface area contributed by atoms with Crippen LogP contribution in [-0.2, 0) is 11.2 Å². The van der Waals surface area contributed by atoms with Gasteiger partial charge in [0.15, 0.2) is 0 Å². The molecule has 2 aromatic rings. The second-order valence-corrected chi connectivity index (χ2v) is 5.70. The monoisotopic (exact) mass is 403 g/mol. The van der Waals surface area contributed by atoms with E-state index in [4.69, 9.17) is 9.84 Å². The highest BCUT2D eigenvalue weighted by Crippen LogP contribution is 2.33. The van der Waals surface area contributed by atoms with Gasteiger partial charge in [-0.1, -0.05) is 5.21 Å². The molecule has 1 heterocycles. The molecule has 1 aromatic carbocycles. The Labute approximate surface area is 132 Å². The molecule has 106 valence electrons. The average molecular weight is 405 g/mol. The van der Waals surface area contributed by atoms with Crippen molar-refractivity contribution >= 4 is 37.8 Å². The molecule has 0 saturated carbocycles. The molecular weight excluding hydrogens is 394 g/mol. The van der Waals surface area contributed by atoms with Gasteiger partial charge in [-0.05, 0) is 37.9 Å². The van der Waals surface area contributed by atoms with E-state index in [-0.39, 0.29) is 6.42 Å². The van der Waals surface area contributed by atoms with E-state index in [1.165, 1.54) is 0 Å². The fourth-order valence-corrected chi connectivity index (χ4v) is 2.95. The first kappa shape index (κ1) is 15.0. The topological polar surface area (TPSA) is 77.2 Å². The van der Waals surface area contributed by atoms with Gasteiger partial charge >= 0.3 is 5.97 Å². The largest absolute Gasteiger partial charge is 0.495 e. The first-order chi connectivity index (χ1) is 9.51. The molecule has 0 atom stereocenters. The zero-order valence-electron chi connectivity index (χ0n) is 10.5. The smallest absolute Gasteiger partial charge is 0.303 e. The van der Waals surface area contributed by atoms with E-state index in [0.29, 0.717) is 17.9 Å². The summed E-state index contributed by atoms with van der Waals surface area (Å²) in [5.74, 6) is -0.183. The highest BCUT2D eigenvalue weighted by molar-refractivity contribution is 9.11. The zero-order chi connectivity index (χ0) is 14.7. The van der Waals surface area contributed by atoms with Crippen LogP contribution in [0.15, 0.2) is 27.3 Å². The number of methoxy groups -OCH3 is 1. The fraction of sp³-hybridized carbons (Fsp3) is 0.250. The predicted molar refractivity (Wildman–Crippen MR) is 79.3 cm³/mol. The van der Waals surface area contributed by atoms with Gasteiger partial charge in [0.25, 0.3) is 0 Å². The SMILES string of the molecule is COc1cc(-n2cc(CCC(=O)O)nn2)c(Br)cc1Br. The van der Waals surface area contributed by atoms with Crippen LogP contribution >= 0.6 is 31.9 Å². The van der Waals surface area contributed by atoms with Crippen molar-refractivity contribution in [2.24, 2.45) is 0 Å². The van der Waals surface area contributed by atoms with Crippen molar-refractivity contribution in [1.29, 1.82) is 0 Å². The Kier molecular flexibility index (Phi) is 4.77. The van der Waals surface area contributed by atoms with Crippen LogP contribution in [0.5, 0.6) is 5.75 Å². The van der Waals surface area contributed by atoms with Crippen molar-refractivity contribution < 1.29 is 14.6 Å². The molecule has 0 aliphatic rings. The van der Waals surface area contributed by atoms with Crippen molar-refractivity contribution in [2.45, 2.75) is 12.8 Å². The summed E-state index contributed by atoms with van der Waals surface area (Å²) in [6, 6.07) is 3.66. The Hall–Kier alpha value is -1.41. The van der Waals surface area contributed by atoms with Crippen LogP contribution in [0.3, 0.4) is 0 Å². The highest BCUT2D eigenvalue weighted by atomic mass is 79.9. The fourth-order valence-electron chi connectivity index (χ4n) is 1.62. The minimum Gasteiger partial charge on any atom is -0.495 e. The van der Waals surface area contributed by atoms with Crippen LogP contribution in [0.2, 0.25) is 0 Å². The standard InChI is InChI=1S/C12H11Br2N3O3/c1-20-11-5-10(8(13)4-9(11)14)17-6-7(15-16-17)2-3-12(18)19/h4-6H,2-3H2,1H3,(H,18,19). The number of carboxylic acids is 1. The molecule has 0 spiro atoms. The van der Waals surface area contributed by atoms with Gasteiger partial charge in [-0.25, -0.2) is 4.68 Å². The van der Waals surface area contributed by atoms with E-state index in [1.54, 1.807) is 18.0 Å². The lowest BCUT2D eigenvalue weighted by molar-refractivity contribution is -0.136. The summed E-state index contributed by atoms with van der Waals surface area (Å²) in [4.78, 5) is 10.5. The first-order valence-corrected chi connectivity index (χ1v) is 7.26. The van der Waals surface area contributed by atoms with Gasteiger partial charge in [0.2, 0.25) is 0 Å². The van der Waals surface area contributed by atoms with E-state index in [1.807, 2.05) is 12.1 Å². The van der Waals surface area contributed by atoms with Crippen molar-refractivity contribution in [3.63, 3.8) is 0 Å². The van der Waals surface area contributed by atoms with Crippen LogP contribution in [0, 0.1) is 0 Å². The summed E-state index contributed by atoms with van der Waals surface area (Å²) in [5.41, 5.74) is 1.39. The summed E-state index contributed by atoms with van der Waals surface area (Å²) in [6.45, 7) is 0. The first-order valence-electron chi connectivity index (χ1n) is 5.67. The molecule has 6 nitrogen and oxygen atoms in total. The summed E-state index contributed by atoms with van der Waals surface area (Å²) >= 11 is 6.84. The lowest BCUT2D eigenvalue weighted by Gasteiger charge is -2.08. The van der Waals surface area contributed by atoms with E-state index in [2.05, 4.69) is 42.2 Å². The maximum absolute atomic E-state index is 10.5. The Bertz CT molecular complexity index is 643. The molecule has 8 heteroatoms. The van der Waals surface area contributed by atoms with E-state index >= 15 is 0 Å². The molecule has 0 radical (unpaired) electrons. The van der Waals surface area contributed by atoms with Gasteiger partial charge in [0.05, 0.1) is 35.6 Å². The third-order valence-electron chi connectivity index (χ3n) is 2.60. The molecule has 0 unspecified atom stereocenters. The van der Waals surface area contributed by atoms with E-state index in [0.717, 1.165) is 14.6 Å². The number of aryl methyl sites for hydroxylation is 1. The van der Waals surface area contributed by atoms with Crippen LogP contribution in [0.4, 0.5) is 0 Å². The molecule has 0 aliphatic heterocycles. The number of hydrogen-bond acceptors (Lipinski definition) is 4. The molecule has 20 heavy (non-hydrogen) atoms. The number of hydrogen-bond donors (Lipinski definition) is 1. The maximum Gasteiger partial charge on any atom is 0.303 e. The second kappa shape index (κ2) is 6.36. The van der Waals surface area contributed by atoms with Gasteiger partial charge in [0.1, 0.15) is 5.75 Å². The second-order valence-electron chi connectivity index (χ2n) is 3.99. The van der Waals surface area contributed by atoms with Gasteiger partial charge < -0.3 is 9.84 Å². The van der Waals surface area contributed by atoms with Crippen LogP contribution in [0.25, 0.3) is 5.69 Å². The number of ether oxygens (including phenoxy) is 1. The van der Waals surface area contributed by atoms with E-state index in [9.17, 15) is 4.79 Å². The van der Waals surface area contributed by atoms with Crippen molar-refractivity contribution in [3.8, 4) is 11.4 Å². The molecule has 0 bridgehead atoms. The normalized spacial score (nSPS) is 10.6. The predicted octanol–water partition coefficient (Wildman–Crippen LogP) is 2.82. The van der Waals surface area contributed by atoms with Crippen LogP contribution < -0.4 is 4.74 Å². The number of rotatable bonds is 5. The Morgan fingerprint density at radius 1 is 1.40 bits per heavy atom. The molecule has 0 amide bonds. The number of benzene rings is 1. The molecule has 1 aromatic heterocycles. The number of aromatic nitrogens is 3. The molecule has 1 N–H and O–H groups in total. The Balaban J connectivity index is 2.30. The van der Waals surface area contributed by atoms with Gasteiger partial charge in [-0.2, -0.15) is 0 Å². The summed E-state index contributed by atoms with van der Waals surface area (Å²) in [6.07, 6.45) is 2.08. The molecule has 2 rings (SSSR count). The summed E-state index contributed by atoms with van der Waals surface area (Å²) in [7, 11) is 1.58. The Morgan fingerprint density at radius 2 is 2.15 bits per heavy atom. The highest BCUT2D eigenvalue weighted by Gasteiger charge is 2.11. The molecule has 0 saturated heterocycles. The Morgan fingerprint density at radius 3 is 2.80 bits per heavy atom. The lowest BCUT2D eigenvalue weighted by atomic mass is 10.2. The van der Waals surface area contributed by atoms with Gasteiger partial charge in [0, 0.05) is 17.0 Å². The minimum absolute atomic E-state index is 0.0313. The lowest BCUT2D eigenvalue weighted by Crippen LogP contribution is -1.98.